The average molecular weight is 743 g/mol. The van der Waals surface area contributed by atoms with Gasteiger partial charge in [0.25, 0.3) is 0 Å². The van der Waals surface area contributed by atoms with Crippen LogP contribution in [0.25, 0.3) is 66.1 Å². The number of hydrogen-bond acceptors (Lipinski definition) is 0. The molecule has 0 unspecified atom stereocenters. The van der Waals surface area contributed by atoms with Crippen LogP contribution in [0.4, 0.5) is 0 Å². The van der Waals surface area contributed by atoms with E-state index in [4.69, 9.17) is 0 Å². The lowest BCUT2D eigenvalue weighted by Crippen LogP contribution is -2.75. The molecule has 2 aromatic heterocycles. The van der Waals surface area contributed by atoms with Crippen LogP contribution in [-0.4, -0.2) is 17.2 Å². The molecule has 57 heavy (non-hydrogen) atoms. The summed E-state index contributed by atoms with van der Waals surface area (Å²) in [5.74, 6) is 0. The number of para-hydroxylation sites is 3. The Morgan fingerprint density at radius 3 is 1.32 bits per heavy atom. The molecule has 0 fully saturated rings. The third-order valence-electron chi connectivity index (χ3n) is 11.8. The van der Waals surface area contributed by atoms with E-state index >= 15 is 0 Å². The minimum Gasteiger partial charge on any atom is -0.309 e. The summed E-state index contributed by atoms with van der Waals surface area (Å²) in [5, 5.41) is 10.4. The highest BCUT2D eigenvalue weighted by Crippen LogP contribution is 2.38. The Bertz CT molecular complexity index is 3110. The van der Waals surface area contributed by atoms with E-state index in [2.05, 4.69) is 240 Å². The monoisotopic (exact) mass is 742 g/mol. The van der Waals surface area contributed by atoms with Crippen molar-refractivity contribution < 1.29 is 0 Å². The SMILES string of the molecule is c1ccc(-c2cc([Si](c3ccccc3)(c3ccccc3)c3ccccc3)c3c(c2)c2ccccc2n3-c2ccc3c(c2)c2ccccc2n3-c2ccccc2)cc1. The summed E-state index contributed by atoms with van der Waals surface area (Å²) >= 11 is 0. The van der Waals surface area contributed by atoms with Gasteiger partial charge in [-0.3, -0.25) is 0 Å². The molecule has 2 nitrogen and oxygen atoms in total. The molecule has 0 amide bonds. The van der Waals surface area contributed by atoms with Gasteiger partial charge in [0, 0.05) is 32.9 Å². The summed E-state index contributed by atoms with van der Waals surface area (Å²) in [4.78, 5) is 0. The molecule has 0 spiro atoms. The molecule has 268 valence electrons. The predicted molar refractivity (Wildman–Crippen MR) is 244 cm³/mol. The lowest BCUT2D eigenvalue weighted by molar-refractivity contribution is 1.17. The molecule has 0 aliphatic carbocycles. The zero-order chi connectivity index (χ0) is 37.8. The van der Waals surface area contributed by atoms with Gasteiger partial charge in [0.15, 0.2) is 8.07 Å². The van der Waals surface area contributed by atoms with Crippen LogP contribution in [0.2, 0.25) is 0 Å². The van der Waals surface area contributed by atoms with Crippen molar-refractivity contribution in [2.45, 2.75) is 0 Å². The molecule has 0 bridgehead atoms. The Labute approximate surface area is 333 Å². The maximum absolute atomic E-state index is 3.02. The Morgan fingerprint density at radius 2 is 0.737 bits per heavy atom. The largest absolute Gasteiger partial charge is 0.309 e. The predicted octanol–water partition coefficient (Wildman–Crippen LogP) is 10.9. The molecule has 11 aromatic rings. The van der Waals surface area contributed by atoms with Crippen molar-refractivity contribution in [2.24, 2.45) is 0 Å². The number of nitrogens with zero attached hydrogens (tertiary/aromatic N) is 2. The molecule has 9 aromatic carbocycles. The summed E-state index contributed by atoms with van der Waals surface area (Å²) in [7, 11) is -3.02. The minimum atomic E-state index is -3.02. The summed E-state index contributed by atoms with van der Waals surface area (Å²) < 4.78 is 4.97. The van der Waals surface area contributed by atoms with E-state index in [1.54, 1.807) is 0 Å². The van der Waals surface area contributed by atoms with Gasteiger partial charge in [-0.05, 0) is 80.4 Å². The third kappa shape index (κ3) is 5.17. The average Bonchev–Trinajstić information content (AvgIpc) is 3.81. The molecule has 2 heterocycles. The van der Waals surface area contributed by atoms with Crippen LogP contribution in [0.1, 0.15) is 0 Å². The highest BCUT2D eigenvalue weighted by molar-refractivity contribution is 7.20. The van der Waals surface area contributed by atoms with Crippen molar-refractivity contribution >= 4 is 72.4 Å². The van der Waals surface area contributed by atoms with Gasteiger partial charge in [-0.1, -0.05) is 182 Å². The molecule has 0 aliphatic heterocycles. The summed E-state index contributed by atoms with van der Waals surface area (Å²) in [5.41, 5.74) is 9.60. The zero-order valence-corrected chi connectivity index (χ0v) is 32.3. The first-order valence-electron chi connectivity index (χ1n) is 19.7. The molecule has 0 atom stereocenters. The van der Waals surface area contributed by atoms with Gasteiger partial charge in [-0.15, -0.1) is 0 Å². The highest BCUT2D eigenvalue weighted by atomic mass is 28.3. The molecule has 0 saturated carbocycles. The Hall–Kier alpha value is -7.20. The van der Waals surface area contributed by atoms with Gasteiger partial charge in [0.2, 0.25) is 0 Å². The fourth-order valence-corrected chi connectivity index (χ4v) is 14.4. The summed E-state index contributed by atoms with van der Waals surface area (Å²) in [6.45, 7) is 0. The smallest absolute Gasteiger partial charge is 0.181 e. The molecular weight excluding hydrogens is 705 g/mol. The second-order valence-electron chi connectivity index (χ2n) is 14.9. The van der Waals surface area contributed by atoms with Crippen LogP contribution >= 0.6 is 0 Å². The maximum atomic E-state index is 2.57. The van der Waals surface area contributed by atoms with Gasteiger partial charge in [-0.2, -0.15) is 0 Å². The van der Waals surface area contributed by atoms with E-state index in [0.717, 1.165) is 11.4 Å². The van der Waals surface area contributed by atoms with Gasteiger partial charge < -0.3 is 9.13 Å². The summed E-state index contributed by atoms with van der Waals surface area (Å²) in [6.07, 6.45) is 0. The standard InChI is InChI=1S/C54H38N2Si/c1-6-20-39(21-7-1)40-36-49-47-31-17-19-33-51(47)56(42-34-35-52-48(38-42)46-30-16-18-32-50(46)55(52)41-22-8-2-9-23-41)54(49)53(37-40)57(43-24-10-3-11-25-43,44-26-12-4-13-27-44)45-28-14-5-15-29-45/h1-38H. The Morgan fingerprint density at radius 1 is 0.281 bits per heavy atom. The number of benzene rings is 9. The van der Waals surface area contributed by atoms with Crippen molar-refractivity contribution in [1.29, 1.82) is 0 Å². The van der Waals surface area contributed by atoms with E-state index in [1.807, 2.05) is 0 Å². The lowest BCUT2D eigenvalue weighted by atomic mass is 10.0. The summed E-state index contributed by atoms with van der Waals surface area (Å²) in [6, 6.07) is 85.4. The Kier molecular flexibility index (Phi) is 7.87. The van der Waals surface area contributed by atoms with Crippen molar-refractivity contribution in [1.82, 2.24) is 9.13 Å². The van der Waals surface area contributed by atoms with E-state index < -0.39 is 8.07 Å². The Balaban J connectivity index is 1.33. The fraction of sp³-hybridized carbons (Fsp3) is 0. The molecule has 0 aliphatic rings. The molecule has 3 heteroatoms. The number of aromatic nitrogens is 2. The lowest BCUT2D eigenvalue weighted by Gasteiger charge is -2.35. The van der Waals surface area contributed by atoms with Crippen LogP contribution in [0, 0.1) is 0 Å². The second-order valence-corrected chi connectivity index (χ2v) is 18.6. The quantitative estimate of drug-likeness (QED) is 0.114. The first kappa shape index (κ1) is 33.2. The van der Waals surface area contributed by atoms with Crippen LogP contribution in [0.3, 0.4) is 0 Å². The third-order valence-corrected chi connectivity index (χ3v) is 16.6. The van der Waals surface area contributed by atoms with Gasteiger partial charge >= 0.3 is 0 Å². The van der Waals surface area contributed by atoms with Crippen LogP contribution in [0.5, 0.6) is 0 Å². The number of rotatable bonds is 7. The highest BCUT2D eigenvalue weighted by Gasteiger charge is 2.44. The fourth-order valence-electron chi connectivity index (χ4n) is 9.44. The van der Waals surface area contributed by atoms with Crippen molar-refractivity contribution in [3.63, 3.8) is 0 Å². The van der Waals surface area contributed by atoms with E-state index in [-0.39, 0.29) is 0 Å². The van der Waals surface area contributed by atoms with Crippen molar-refractivity contribution in [3.8, 4) is 22.5 Å². The maximum Gasteiger partial charge on any atom is 0.181 e. The van der Waals surface area contributed by atoms with Gasteiger partial charge in [0.05, 0.1) is 22.1 Å². The number of hydrogen-bond donors (Lipinski definition) is 0. The van der Waals surface area contributed by atoms with Crippen LogP contribution in [-0.2, 0) is 0 Å². The minimum absolute atomic E-state index is 1.15. The number of fused-ring (bicyclic) bond motifs is 6. The van der Waals surface area contributed by atoms with E-state index in [0.29, 0.717) is 0 Å². The van der Waals surface area contributed by atoms with Crippen LogP contribution < -0.4 is 20.7 Å². The van der Waals surface area contributed by atoms with E-state index in [9.17, 15) is 0 Å². The van der Waals surface area contributed by atoms with Gasteiger partial charge in [0.1, 0.15) is 0 Å². The first-order valence-corrected chi connectivity index (χ1v) is 21.7. The zero-order valence-electron chi connectivity index (χ0n) is 31.3. The van der Waals surface area contributed by atoms with Crippen LogP contribution in [0.15, 0.2) is 231 Å². The second kappa shape index (κ2) is 13.5. The molecule has 0 N–H and O–H groups in total. The van der Waals surface area contributed by atoms with Gasteiger partial charge in [-0.25, -0.2) is 0 Å². The molecular formula is C54H38N2Si. The normalized spacial score (nSPS) is 11.9. The molecule has 0 saturated heterocycles. The van der Waals surface area contributed by atoms with Crippen molar-refractivity contribution in [3.05, 3.63) is 231 Å². The van der Waals surface area contributed by atoms with Crippen molar-refractivity contribution in [2.75, 3.05) is 0 Å². The molecule has 0 radical (unpaired) electrons. The first-order chi connectivity index (χ1) is 28.3. The molecule has 11 rings (SSSR count). The van der Waals surface area contributed by atoms with E-state index in [1.165, 1.54) is 75.5 Å². The topological polar surface area (TPSA) is 9.86 Å².